The highest BCUT2D eigenvalue weighted by atomic mass is 35.5. The second kappa shape index (κ2) is 8.56. The first kappa shape index (κ1) is 20.1. The summed E-state index contributed by atoms with van der Waals surface area (Å²) >= 11 is 5.76. The summed E-state index contributed by atoms with van der Waals surface area (Å²) in [6.07, 6.45) is 3.11. The molecule has 0 spiro atoms. The van der Waals surface area contributed by atoms with Crippen LogP contribution in [0.1, 0.15) is 10.8 Å². The summed E-state index contributed by atoms with van der Waals surface area (Å²) in [6.45, 7) is -0.00332. The number of nitrogens with two attached hydrogens (primary N) is 1. The molecule has 8 heteroatoms. The van der Waals surface area contributed by atoms with Crippen molar-refractivity contribution in [3.05, 3.63) is 59.4 Å². The first-order chi connectivity index (χ1) is 9.05. The highest BCUT2D eigenvalue weighted by Crippen LogP contribution is 2.28. The quantitative estimate of drug-likeness (QED) is 0.899. The van der Waals surface area contributed by atoms with Crippen LogP contribution < -0.4 is 5.73 Å². The van der Waals surface area contributed by atoms with E-state index in [2.05, 4.69) is 4.98 Å². The summed E-state index contributed by atoms with van der Waals surface area (Å²) in [7, 11) is -3.54. The van der Waals surface area contributed by atoms with Gasteiger partial charge in [-0.1, -0.05) is 17.7 Å². The monoisotopic (exact) mass is 368 g/mol. The SMILES string of the molecule is Cl.Cl.NCC(c1cccnc1)S(=O)(=O)c1ccc(Cl)cc1. The zero-order chi connectivity index (χ0) is 13.9. The fraction of sp³-hybridized carbons (Fsp3) is 0.154. The van der Waals surface area contributed by atoms with E-state index in [-0.39, 0.29) is 36.3 Å². The number of aromatic nitrogens is 1. The van der Waals surface area contributed by atoms with Gasteiger partial charge in [-0.3, -0.25) is 4.98 Å². The Hall–Kier alpha value is -0.850. The molecule has 1 aromatic heterocycles. The van der Waals surface area contributed by atoms with Gasteiger partial charge in [0.25, 0.3) is 0 Å². The molecule has 1 aromatic carbocycles. The molecule has 4 nitrogen and oxygen atoms in total. The zero-order valence-corrected chi connectivity index (χ0v) is 14.1. The van der Waals surface area contributed by atoms with Crippen LogP contribution in [0.15, 0.2) is 53.7 Å². The minimum absolute atomic E-state index is 0. The van der Waals surface area contributed by atoms with Gasteiger partial charge < -0.3 is 5.73 Å². The molecule has 1 heterocycles. The van der Waals surface area contributed by atoms with Crippen molar-refractivity contribution in [2.75, 3.05) is 6.54 Å². The fourth-order valence-corrected chi connectivity index (χ4v) is 3.52. The molecule has 0 fully saturated rings. The maximum absolute atomic E-state index is 12.5. The van der Waals surface area contributed by atoms with Crippen LogP contribution in [-0.2, 0) is 9.84 Å². The lowest BCUT2D eigenvalue weighted by molar-refractivity contribution is 0.582. The molecule has 0 radical (unpaired) electrons. The van der Waals surface area contributed by atoms with Crippen LogP contribution in [-0.4, -0.2) is 19.9 Å². The number of benzene rings is 1. The largest absolute Gasteiger partial charge is 0.329 e. The summed E-state index contributed by atoms with van der Waals surface area (Å²) in [4.78, 5) is 4.14. The summed E-state index contributed by atoms with van der Waals surface area (Å²) in [5.74, 6) is 0. The topological polar surface area (TPSA) is 73.0 Å². The molecule has 2 aromatic rings. The number of halogens is 3. The van der Waals surface area contributed by atoms with Gasteiger partial charge in [0, 0.05) is 24.0 Å². The van der Waals surface area contributed by atoms with E-state index in [1.165, 1.54) is 18.3 Å². The Labute approximate surface area is 141 Å². The maximum atomic E-state index is 12.5. The summed E-state index contributed by atoms with van der Waals surface area (Å²) < 4.78 is 25.0. The third-order valence-corrected chi connectivity index (χ3v) is 5.18. The van der Waals surface area contributed by atoms with Crippen molar-refractivity contribution in [1.82, 2.24) is 4.98 Å². The van der Waals surface area contributed by atoms with Crippen LogP contribution in [0.25, 0.3) is 0 Å². The summed E-state index contributed by atoms with van der Waals surface area (Å²) in [5, 5.41) is -0.313. The molecule has 2 N–H and O–H groups in total. The molecule has 0 bridgehead atoms. The van der Waals surface area contributed by atoms with Gasteiger partial charge in [0.2, 0.25) is 0 Å². The third-order valence-electron chi connectivity index (χ3n) is 2.79. The van der Waals surface area contributed by atoms with Gasteiger partial charge in [0.05, 0.1) is 4.90 Å². The van der Waals surface area contributed by atoms with Gasteiger partial charge in [-0.05, 0) is 35.9 Å². The normalized spacial score (nSPS) is 11.9. The van der Waals surface area contributed by atoms with Crippen LogP contribution in [0.4, 0.5) is 0 Å². The van der Waals surface area contributed by atoms with Gasteiger partial charge in [0.1, 0.15) is 5.25 Å². The Balaban J connectivity index is 0.00000200. The minimum atomic E-state index is -3.54. The molecule has 1 unspecified atom stereocenters. The van der Waals surface area contributed by atoms with E-state index in [0.717, 1.165) is 0 Å². The average Bonchev–Trinajstić information content (AvgIpc) is 2.41. The van der Waals surface area contributed by atoms with E-state index in [0.29, 0.717) is 10.6 Å². The molecule has 2 rings (SSSR count). The Morgan fingerprint density at radius 3 is 2.24 bits per heavy atom. The molecule has 0 aliphatic rings. The lowest BCUT2D eigenvalue weighted by Gasteiger charge is -2.15. The van der Waals surface area contributed by atoms with E-state index in [9.17, 15) is 8.42 Å². The van der Waals surface area contributed by atoms with Crippen LogP contribution >= 0.6 is 36.4 Å². The summed E-state index contributed by atoms with van der Waals surface area (Å²) in [6, 6.07) is 9.46. The van der Waals surface area contributed by atoms with Crippen molar-refractivity contribution in [2.45, 2.75) is 10.1 Å². The van der Waals surface area contributed by atoms with Crippen LogP contribution in [0.2, 0.25) is 5.02 Å². The van der Waals surface area contributed by atoms with Gasteiger partial charge >= 0.3 is 0 Å². The van der Waals surface area contributed by atoms with Crippen molar-refractivity contribution in [2.24, 2.45) is 5.73 Å². The second-order valence-electron chi connectivity index (χ2n) is 4.01. The Kier molecular flexibility index (Phi) is 8.21. The van der Waals surface area contributed by atoms with Crippen LogP contribution in [0.5, 0.6) is 0 Å². The van der Waals surface area contributed by atoms with Crippen molar-refractivity contribution in [3.8, 4) is 0 Å². The molecule has 0 aliphatic carbocycles. The fourth-order valence-electron chi connectivity index (χ4n) is 1.80. The predicted molar refractivity (Wildman–Crippen MR) is 89.2 cm³/mol. The standard InChI is InChI=1S/C13H13ClN2O2S.2ClH/c14-11-3-5-12(6-4-11)19(17,18)13(8-15)10-2-1-7-16-9-10;;/h1-7,9,13H,8,15H2;2*1H. The number of nitrogens with zero attached hydrogens (tertiary/aromatic N) is 1. The Morgan fingerprint density at radius 1 is 1.14 bits per heavy atom. The molecule has 1 atom stereocenters. The smallest absolute Gasteiger partial charge is 0.186 e. The van der Waals surface area contributed by atoms with Crippen LogP contribution in [0, 0.1) is 0 Å². The minimum Gasteiger partial charge on any atom is -0.329 e. The van der Waals surface area contributed by atoms with Gasteiger partial charge in [-0.15, -0.1) is 24.8 Å². The zero-order valence-electron chi connectivity index (χ0n) is 10.8. The molecule has 0 saturated heterocycles. The van der Waals surface area contributed by atoms with E-state index < -0.39 is 15.1 Å². The number of hydrogen-bond acceptors (Lipinski definition) is 4. The first-order valence-corrected chi connectivity index (χ1v) is 7.57. The van der Waals surface area contributed by atoms with E-state index >= 15 is 0 Å². The first-order valence-electron chi connectivity index (χ1n) is 5.65. The average molecular weight is 370 g/mol. The van der Waals surface area contributed by atoms with Crippen molar-refractivity contribution < 1.29 is 8.42 Å². The maximum Gasteiger partial charge on any atom is 0.186 e. The summed E-state index contributed by atoms with van der Waals surface area (Å²) in [5.41, 5.74) is 6.21. The highest BCUT2D eigenvalue weighted by Gasteiger charge is 2.27. The highest BCUT2D eigenvalue weighted by molar-refractivity contribution is 7.91. The van der Waals surface area contributed by atoms with Gasteiger partial charge in [-0.2, -0.15) is 0 Å². The predicted octanol–water partition coefficient (Wildman–Crippen LogP) is 3.05. The van der Waals surface area contributed by atoms with Gasteiger partial charge in [-0.25, -0.2) is 8.42 Å². The van der Waals surface area contributed by atoms with Crippen molar-refractivity contribution in [1.29, 1.82) is 0 Å². The number of hydrogen-bond donors (Lipinski definition) is 1. The molecule has 0 aliphatic heterocycles. The van der Waals surface area contributed by atoms with E-state index in [4.69, 9.17) is 17.3 Å². The Bertz CT molecular complexity index is 649. The number of sulfone groups is 1. The lowest BCUT2D eigenvalue weighted by atomic mass is 10.2. The molecule has 21 heavy (non-hydrogen) atoms. The third kappa shape index (κ3) is 4.56. The molecule has 0 amide bonds. The molecule has 116 valence electrons. The van der Waals surface area contributed by atoms with Gasteiger partial charge in [0.15, 0.2) is 9.84 Å². The number of pyridine rings is 1. The van der Waals surface area contributed by atoms with E-state index in [1.54, 1.807) is 30.5 Å². The van der Waals surface area contributed by atoms with Crippen LogP contribution in [0.3, 0.4) is 0 Å². The second-order valence-corrected chi connectivity index (χ2v) is 6.58. The van der Waals surface area contributed by atoms with E-state index in [1.807, 2.05) is 0 Å². The number of rotatable bonds is 4. The molecular weight excluding hydrogens is 355 g/mol. The van der Waals surface area contributed by atoms with Crippen molar-refractivity contribution in [3.63, 3.8) is 0 Å². The molecular formula is C13H15Cl3N2O2S. The molecule has 0 saturated carbocycles. The van der Waals surface area contributed by atoms with Crippen molar-refractivity contribution >= 4 is 46.3 Å². The lowest BCUT2D eigenvalue weighted by Crippen LogP contribution is -2.22. The Morgan fingerprint density at radius 2 is 1.76 bits per heavy atom.